The maximum atomic E-state index is 3.53. The second-order valence-corrected chi connectivity index (χ2v) is 5.56. The van der Waals surface area contributed by atoms with Gasteiger partial charge in [0.2, 0.25) is 0 Å². The first-order valence-corrected chi connectivity index (χ1v) is 7.81. The molecule has 0 aliphatic heterocycles. The van der Waals surface area contributed by atoms with Gasteiger partial charge >= 0.3 is 0 Å². The highest BCUT2D eigenvalue weighted by Gasteiger charge is 2.06. The minimum Gasteiger partial charge on any atom is -0.355 e. The third-order valence-electron chi connectivity index (χ3n) is 4.06. The van der Waals surface area contributed by atoms with Crippen LogP contribution in [0.5, 0.6) is 0 Å². The number of anilines is 2. The SMILES string of the molecule is c1ccc(Nc2cccc3c(-c4ccccc4)cccc23)cc1. The molecule has 0 fully saturated rings. The molecule has 23 heavy (non-hydrogen) atoms. The zero-order chi connectivity index (χ0) is 15.5. The smallest absolute Gasteiger partial charge is 0.0464 e. The van der Waals surface area contributed by atoms with Crippen molar-refractivity contribution in [3.05, 3.63) is 97.1 Å². The predicted molar refractivity (Wildman–Crippen MR) is 99.1 cm³/mol. The van der Waals surface area contributed by atoms with Gasteiger partial charge < -0.3 is 5.32 Å². The summed E-state index contributed by atoms with van der Waals surface area (Å²) in [6.07, 6.45) is 0. The van der Waals surface area contributed by atoms with Crippen LogP contribution in [-0.4, -0.2) is 0 Å². The summed E-state index contributed by atoms with van der Waals surface area (Å²) in [5, 5.41) is 6.02. The summed E-state index contributed by atoms with van der Waals surface area (Å²) in [6, 6.07) is 33.7. The molecule has 0 aromatic heterocycles. The van der Waals surface area contributed by atoms with Crippen LogP contribution in [-0.2, 0) is 0 Å². The van der Waals surface area contributed by atoms with Crippen LogP contribution in [0.1, 0.15) is 0 Å². The van der Waals surface area contributed by atoms with Crippen molar-refractivity contribution in [2.75, 3.05) is 5.32 Å². The van der Waals surface area contributed by atoms with Crippen LogP contribution in [0.15, 0.2) is 97.1 Å². The van der Waals surface area contributed by atoms with Crippen molar-refractivity contribution in [2.24, 2.45) is 0 Å². The minimum atomic E-state index is 1.10. The molecule has 1 nitrogen and oxygen atoms in total. The first-order chi connectivity index (χ1) is 11.4. The van der Waals surface area contributed by atoms with Gasteiger partial charge in [-0.2, -0.15) is 0 Å². The van der Waals surface area contributed by atoms with Gasteiger partial charge in [-0.15, -0.1) is 0 Å². The van der Waals surface area contributed by atoms with Crippen molar-refractivity contribution >= 4 is 22.1 Å². The lowest BCUT2D eigenvalue weighted by atomic mass is 9.97. The molecular weight excluding hydrogens is 278 g/mol. The molecule has 0 bridgehead atoms. The average Bonchev–Trinajstić information content (AvgIpc) is 2.63. The van der Waals surface area contributed by atoms with E-state index < -0.39 is 0 Å². The fourth-order valence-corrected chi connectivity index (χ4v) is 2.97. The van der Waals surface area contributed by atoms with Crippen molar-refractivity contribution in [2.45, 2.75) is 0 Å². The van der Waals surface area contributed by atoms with E-state index in [1.54, 1.807) is 0 Å². The molecule has 0 saturated carbocycles. The van der Waals surface area contributed by atoms with E-state index in [9.17, 15) is 0 Å². The lowest BCUT2D eigenvalue weighted by Gasteiger charge is -2.12. The van der Waals surface area contributed by atoms with Gasteiger partial charge in [0.1, 0.15) is 0 Å². The molecule has 4 aromatic rings. The van der Waals surface area contributed by atoms with Crippen molar-refractivity contribution < 1.29 is 0 Å². The van der Waals surface area contributed by atoms with E-state index in [2.05, 4.69) is 84.2 Å². The van der Waals surface area contributed by atoms with Crippen LogP contribution in [0, 0.1) is 0 Å². The molecule has 4 rings (SSSR count). The van der Waals surface area contributed by atoms with E-state index in [1.807, 2.05) is 18.2 Å². The van der Waals surface area contributed by atoms with E-state index in [-0.39, 0.29) is 0 Å². The zero-order valence-corrected chi connectivity index (χ0v) is 12.7. The molecule has 110 valence electrons. The van der Waals surface area contributed by atoms with E-state index in [0.29, 0.717) is 0 Å². The summed E-state index contributed by atoms with van der Waals surface area (Å²) in [7, 11) is 0. The highest BCUT2D eigenvalue weighted by molar-refractivity contribution is 6.03. The van der Waals surface area contributed by atoms with Crippen LogP contribution in [0.4, 0.5) is 11.4 Å². The average molecular weight is 295 g/mol. The molecular formula is C22H17N. The molecule has 0 atom stereocenters. The summed E-state index contributed by atoms with van der Waals surface area (Å²) in [5.41, 5.74) is 4.74. The quantitative estimate of drug-likeness (QED) is 0.471. The van der Waals surface area contributed by atoms with E-state index in [0.717, 1.165) is 11.4 Å². The van der Waals surface area contributed by atoms with Gasteiger partial charge in [-0.05, 0) is 34.7 Å². The van der Waals surface area contributed by atoms with Gasteiger partial charge in [-0.1, -0.05) is 78.9 Å². The number of benzene rings is 4. The summed E-state index contributed by atoms with van der Waals surface area (Å²) in [6.45, 7) is 0. The second kappa shape index (κ2) is 5.98. The lowest BCUT2D eigenvalue weighted by Crippen LogP contribution is -1.91. The molecule has 0 radical (unpaired) electrons. The molecule has 0 spiro atoms. The third-order valence-corrected chi connectivity index (χ3v) is 4.06. The Morgan fingerprint density at radius 1 is 0.478 bits per heavy atom. The molecule has 1 N–H and O–H groups in total. The molecule has 1 heteroatoms. The first-order valence-electron chi connectivity index (χ1n) is 7.81. The van der Waals surface area contributed by atoms with Crippen LogP contribution in [0.2, 0.25) is 0 Å². The van der Waals surface area contributed by atoms with Gasteiger partial charge in [0, 0.05) is 16.8 Å². The van der Waals surface area contributed by atoms with E-state index in [4.69, 9.17) is 0 Å². The summed E-state index contributed by atoms with van der Waals surface area (Å²) >= 11 is 0. The Labute approximate surface area is 136 Å². The van der Waals surface area contributed by atoms with Crippen molar-refractivity contribution in [1.82, 2.24) is 0 Å². The number of rotatable bonds is 3. The fraction of sp³-hybridized carbons (Fsp3) is 0. The highest BCUT2D eigenvalue weighted by Crippen LogP contribution is 2.33. The largest absolute Gasteiger partial charge is 0.355 e. The van der Waals surface area contributed by atoms with Gasteiger partial charge in [0.15, 0.2) is 0 Å². The molecule has 0 heterocycles. The molecule has 0 aliphatic rings. The van der Waals surface area contributed by atoms with Crippen LogP contribution < -0.4 is 5.32 Å². The monoisotopic (exact) mass is 295 g/mol. The van der Waals surface area contributed by atoms with Crippen LogP contribution in [0.25, 0.3) is 21.9 Å². The number of para-hydroxylation sites is 1. The molecule has 0 saturated heterocycles. The molecule has 0 amide bonds. The lowest BCUT2D eigenvalue weighted by molar-refractivity contribution is 1.57. The molecule has 4 aromatic carbocycles. The fourth-order valence-electron chi connectivity index (χ4n) is 2.97. The Hall–Kier alpha value is -3.06. The summed E-state index contributed by atoms with van der Waals surface area (Å²) in [5.74, 6) is 0. The number of hydrogen-bond acceptors (Lipinski definition) is 1. The Balaban J connectivity index is 1.85. The highest BCUT2D eigenvalue weighted by atomic mass is 14.9. The number of nitrogens with one attached hydrogen (secondary N) is 1. The van der Waals surface area contributed by atoms with Crippen LogP contribution in [0.3, 0.4) is 0 Å². The van der Waals surface area contributed by atoms with Gasteiger partial charge in [0.25, 0.3) is 0 Å². The van der Waals surface area contributed by atoms with Crippen molar-refractivity contribution in [3.8, 4) is 11.1 Å². The second-order valence-electron chi connectivity index (χ2n) is 5.56. The third kappa shape index (κ3) is 2.69. The molecule has 0 aliphatic carbocycles. The Morgan fingerprint density at radius 3 is 1.91 bits per heavy atom. The molecule has 0 unspecified atom stereocenters. The Morgan fingerprint density at radius 2 is 1.13 bits per heavy atom. The Kier molecular flexibility index (Phi) is 3.53. The number of fused-ring (bicyclic) bond motifs is 1. The first kappa shape index (κ1) is 13.6. The standard InChI is InChI=1S/C22H17N/c1-3-9-17(10-4-1)19-13-7-15-21-20(19)14-8-16-22(21)23-18-11-5-2-6-12-18/h1-16,23H. The minimum absolute atomic E-state index is 1.10. The summed E-state index contributed by atoms with van der Waals surface area (Å²) < 4.78 is 0. The van der Waals surface area contributed by atoms with Crippen molar-refractivity contribution in [3.63, 3.8) is 0 Å². The maximum Gasteiger partial charge on any atom is 0.0464 e. The van der Waals surface area contributed by atoms with Gasteiger partial charge in [0.05, 0.1) is 0 Å². The van der Waals surface area contributed by atoms with Gasteiger partial charge in [-0.3, -0.25) is 0 Å². The number of hydrogen-bond donors (Lipinski definition) is 1. The maximum absolute atomic E-state index is 3.53. The van der Waals surface area contributed by atoms with Crippen molar-refractivity contribution in [1.29, 1.82) is 0 Å². The van der Waals surface area contributed by atoms with Crippen LogP contribution >= 0.6 is 0 Å². The predicted octanol–water partition coefficient (Wildman–Crippen LogP) is 6.25. The Bertz CT molecular complexity index is 928. The van der Waals surface area contributed by atoms with E-state index >= 15 is 0 Å². The zero-order valence-electron chi connectivity index (χ0n) is 12.7. The van der Waals surface area contributed by atoms with E-state index in [1.165, 1.54) is 21.9 Å². The summed E-state index contributed by atoms with van der Waals surface area (Å²) in [4.78, 5) is 0. The topological polar surface area (TPSA) is 12.0 Å². The van der Waals surface area contributed by atoms with Gasteiger partial charge in [-0.25, -0.2) is 0 Å². The normalized spacial score (nSPS) is 10.6.